The summed E-state index contributed by atoms with van der Waals surface area (Å²) in [4.78, 5) is 15.8. The van der Waals surface area contributed by atoms with Gasteiger partial charge in [-0.05, 0) is 46.6 Å². The molecule has 20 heavy (non-hydrogen) atoms. The summed E-state index contributed by atoms with van der Waals surface area (Å²) in [6.07, 6.45) is 1.50. The summed E-state index contributed by atoms with van der Waals surface area (Å²) in [7, 11) is 0. The van der Waals surface area contributed by atoms with Crippen molar-refractivity contribution in [2.75, 3.05) is 5.32 Å². The van der Waals surface area contributed by atoms with E-state index in [0.29, 0.717) is 0 Å². The van der Waals surface area contributed by atoms with E-state index in [-0.39, 0.29) is 10.8 Å². The highest BCUT2D eigenvalue weighted by Crippen LogP contribution is 2.21. The first-order valence-electron chi connectivity index (χ1n) is 5.46. The number of halogens is 4. The van der Waals surface area contributed by atoms with Gasteiger partial charge in [-0.3, -0.25) is 4.79 Å². The topological polar surface area (TPSA) is 42.0 Å². The molecule has 2 aromatic rings. The largest absolute Gasteiger partial charge is 0.306 e. The van der Waals surface area contributed by atoms with Gasteiger partial charge >= 0.3 is 0 Å². The first kappa shape index (κ1) is 14.9. The van der Waals surface area contributed by atoms with E-state index in [9.17, 15) is 13.6 Å². The van der Waals surface area contributed by atoms with Crippen LogP contribution in [0.25, 0.3) is 0 Å². The zero-order chi connectivity index (χ0) is 14.9. The molecule has 0 aliphatic carbocycles. The molecule has 0 unspecified atom stereocenters. The van der Waals surface area contributed by atoms with Crippen molar-refractivity contribution in [1.82, 2.24) is 4.98 Å². The Morgan fingerprint density at radius 1 is 1.30 bits per heavy atom. The molecule has 2 rings (SSSR count). The van der Waals surface area contributed by atoms with Gasteiger partial charge in [-0.1, -0.05) is 11.6 Å². The molecule has 0 fully saturated rings. The second-order valence-corrected chi connectivity index (χ2v) is 5.28. The van der Waals surface area contributed by atoms with E-state index >= 15 is 0 Å². The van der Waals surface area contributed by atoms with Crippen LogP contribution in [0.5, 0.6) is 0 Å². The Morgan fingerprint density at radius 2 is 2.00 bits per heavy atom. The molecule has 1 amide bonds. The Bertz CT molecular complexity index is 694. The minimum atomic E-state index is -0.900. The molecule has 0 saturated carbocycles. The van der Waals surface area contributed by atoms with E-state index in [1.54, 1.807) is 6.07 Å². The molecule has 104 valence electrons. The molecular formula is C13H8BrClF2N2O. The number of aryl methyl sites for hydroxylation is 1. The summed E-state index contributed by atoms with van der Waals surface area (Å²) in [6, 6.07) is 3.11. The number of benzene rings is 1. The maximum absolute atomic E-state index is 13.6. The number of nitrogens with one attached hydrogen (secondary N) is 1. The highest BCUT2D eigenvalue weighted by molar-refractivity contribution is 9.10. The Kier molecular flexibility index (Phi) is 4.35. The van der Waals surface area contributed by atoms with E-state index in [0.717, 1.165) is 22.2 Å². The lowest BCUT2D eigenvalue weighted by Crippen LogP contribution is -2.15. The van der Waals surface area contributed by atoms with Crippen molar-refractivity contribution in [1.29, 1.82) is 0 Å². The monoisotopic (exact) mass is 360 g/mol. The van der Waals surface area contributed by atoms with Gasteiger partial charge in [0.05, 0.1) is 10.6 Å². The molecule has 0 spiro atoms. The second kappa shape index (κ2) is 5.85. The summed E-state index contributed by atoms with van der Waals surface area (Å²) in [5.41, 5.74) is 0.410. The number of anilines is 1. The number of amides is 1. The summed E-state index contributed by atoms with van der Waals surface area (Å²) >= 11 is 8.69. The zero-order valence-corrected chi connectivity index (χ0v) is 12.5. The number of hydrogen-bond acceptors (Lipinski definition) is 2. The van der Waals surface area contributed by atoms with Gasteiger partial charge in [0.25, 0.3) is 5.91 Å². The highest BCUT2D eigenvalue weighted by Gasteiger charge is 2.16. The molecule has 1 aromatic heterocycles. The summed E-state index contributed by atoms with van der Waals surface area (Å²) in [5.74, 6) is -2.32. The van der Waals surface area contributed by atoms with E-state index in [2.05, 4.69) is 26.2 Å². The SMILES string of the molecule is Cc1cc(NC(=O)c2cc(F)c(Cl)cc2F)ncc1Br. The van der Waals surface area contributed by atoms with Gasteiger partial charge in [0.1, 0.15) is 17.5 Å². The summed E-state index contributed by atoms with van der Waals surface area (Å²) in [5, 5.41) is 2.02. The fourth-order valence-electron chi connectivity index (χ4n) is 1.49. The van der Waals surface area contributed by atoms with Gasteiger partial charge in [0, 0.05) is 10.7 Å². The van der Waals surface area contributed by atoms with E-state index in [1.807, 2.05) is 6.92 Å². The van der Waals surface area contributed by atoms with E-state index < -0.39 is 23.1 Å². The van der Waals surface area contributed by atoms with Crippen molar-refractivity contribution in [3.05, 3.63) is 56.7 Å². The lowest BCUT2D eigenvalue weighted by molar-refractivity contribution is 0.102. The number of hydrogen-bond donors (Lipinski definition) is 1. The van der Waals surface area contributed by atoms with E-state index in [4.69, 9.17) is 11.6 Å². The first-order chi connectivity index (χ1) is 9.38. The number of carbonyl (C=O) groups excluding carboxylic acids is 1. The Hall–Kier alpha value is -1.53. The standard InChI is InChI=1S/C13H8BrClF2N2O/c1-6-2-12(18-5-8(6)14)19-13(20)7-3-11(17)9(15)4-10(7)16/h2-5H,1H3,(H,18,19,20). The van der Waals surface area contributed by atoms with Crippen LogP contribution in [0.15, 0.2) is 28.9 Å². The van der Waals surface area contributed by atoms with Crippen LogP contribution in [0, 0.1) is 18.6 Å². The van der Waals surface area contributed by atoms with Gasteiger partial charge in [-0.25, -0.2) is 13.8 Å². The summed E-state index contributed by atoms with van der Waals surface area (Å²) < 4.78 is 27.6. The van der Waals surface area contributed by atoms with Crippen LogP contribution in [0.3, 0.4) is 0 Å². The van der Waals surface area contributed by atoms with Crippen molar-refractivity contribution in [3.8, 4) is 0 Å². The summed E-state index contributed by atoms with van der Waals surface area (Å²) in [6.45, 7) is 1.81. The van der Waals surface area contributed by atoms with Gasteiger partial charge in [0.2, 0.25) is 0 Å². The number of pyridine rings is 1. The third-order valence-corrected chi connectivity index (χ3v) is 3.66. The molecule has 0 aliphatic rings. The van der Waals surface area contributed by atoms with Crippen molar-refractivity contribution in [3.63, 3.8) is 0 Å². The maximum Gasteiger partial charge on any atom is 0.259 e. The highest BCUT2D eigenvalue weighted by atomic mass is 79.9. The maximum atomic E-state index is 13.6. The van der Waals surface area contributed by atoms with Gasteiger partial charge in [-0.2, -0.15) is 0 Å². The van der Waals surface area contributed by atoms with Gasteiger partial charge < -0.3 is 5.32 Å². The quantitative estimate of drug-likeness (QED) is 0.809. The molecule has 1 aromatic carbocycles. The lowest BCUT2D eigenvalue weighted by atomic mass is 10.2. The number of nitrogens with zero attached hydrogens (tertiary/aromatic N) is 1. The van der Waals surface area contributed by atoms with Crippen LogP contribution >= 0.6 is 27.5 Å². The first-order valence-corrected chi connectivity index (χ1v) is 6.63. The van der Waals surface area contributed by atoms with E-state index in [1.165, 1.54) is 6.20 Å². The molecule has 1 heterocycles. The average molecular weight is 362 g/mol. The Balaban J connectivity index is 2.28. The minimum absolute atomic E-state index is 0.241. The molecular weight excluding hydrogens is 354 g/mol. The van der Waals surface area contributed by atoms with Crippen LogP contribution in [-0.4, -0.2) is 10.9 Å². The van der Waals surface area contributed by atoms with Crippen molar-refractivity contribution in [2.24, 2.45) is 0 Å². The van der Waals surface area contributed by atoms with Crippen molar-refractivity contribution >= 4 is 39.3 Å². The van der Waals surface area contributed by atoms with Crippen molar-refractivity contribution in [2.45, 2.75) is 6.92 Å². The average Bonchev–Trinajstić information content (AvgIpc) is 2.38. The van der Waals surface area contributed by atoms with Gasteiger partial charge in [-0.15, -0.1) is 0 Å². The van der Waals surface area contributed by atoms with Crippen LogP contribution in [0.2, 0.25) is 5.02 Å². The smallest absolute Gasteiger partial charge is 0.259 e. The number of aromatic nitrogens is 1. The fraction of sp³-hybridized carbons (Fsp3) is 0.0769. The number of rotatable bonds is 2. The molecule has 0 aliphatic heterocycles. The zero-order valence-electron chi connectivity index (χ0n) is 10.2. The predicted octanol–water partition coefficient (Wildman–Crippen LogP) is 4.34. The molecule has 0 bridgehead atoms. The van der Waals surface area contributed by atoms with Crippen LogP contribution in [0.1, 0.15) is 15.9 Å². The molecule has 3 nitrogen and oxygen atoms in total. The molecule has 7 heteroatoms. The molecule has 0 radical (unpaired) electrons. The van der Waals surface area contributed by atoms with Gasteiger partial charge in [0.15, 0.2) is 0 Å². The molecule has 1 N–H and O–H groups in total. The number of carbonyl (C=O) groups is 1. The normalized spacial score (nSPS) is 10.4. The third kappa shape index (κ3) is 3.13. The van der Waals surface area contributed by atoms with Crippen LogP contribution in [-0.2, 0) is 0 Å². The Labute approximate surface area is 127 Å². The lowest BCUT2D eigenvalue weighted by Gasteiger charge is -2.07. The molecule has 0 saturated heterocycles. The van der Waals surface area contributed by atoms with Crippen LogP contribution in [0.4, 0.5) is 14.6 Å². The second-order valence-electron chi connectivity index (χ2n) is 4.02. The molecule has 0 atom stereocenters. The predicted molar refractivity (Wildman–Crippen MR) is 76.0 cm³/mol. The minimum Gasteiger partial charge on any atom is -0.306 e. The Morgan fingerprint density at radius 3 is 2.65 bits per heavy atom. The van der Waals surface area contributed by atoms with Crippen molar-refractivity contribution < 1.29 is 13.6 Å². The third-order valence-electron chi connectivity index (χ3n) is 2.54. The van der Waals surface area contributed by atoms with Crippen LogP contribution < -0.4 is 5.32 Å². The fourth-order valence-corrected chi connectivity index (χ4v) is 1.86.